The lowest BCUT2D eigenvalue weighted by atomic mass is 10.4. The van der Waals surface area contributed by atoms with Crippen LogP contribution in [0.5, 0.6) is 0 Å². The van der Waals surface area contributed by atoms with Crippen LogP contribution in [-0.2, 0) is 4.79 Å². The van der Waals surface area contributed by atoms with Crippen LogP contribution in [0.2, 0.25) is 0 Å². The van der Waals surface area contributed by atoms with E-state index in [1.54, 1.807) is 0 Å². The van der Waals surface area contributed by atoms with Gasteiger partial charge in [0.15, 0.2) is 0 Å². The molecule has 0 aromatic heterocycles. The average molecular weight is 252 g/mol. The first-order valence-electron chi connectivity index (χ1n) is 5.36. The summed E-state index contributed by atoms with van der Waals surface area (Å²) >= 11 is 1.40. The number of nitrogens with one attached hydrogen (secondary N) is 2. The maximum Gasteiger partial charge on any atom is 0.321 e. The fourth-order valence-corrected chi connectivity index (χ4v) is 1.85. The van der Waals surface area contributed by atoms with Crippen molar-refractivity contribution in [3.8, 4) is 0 Å². The van der Waals surface area contributed by atoms with E-state index in [-0.39, 0.29) is 17.7 Å². The molecule has 0 atom stereocenters. The highest BCUT2D eigenvalue weighted by atomic mass is 32.2. The Bertz CT molecular complexity index is 379. The molecule has 0 saturated heterocycles. The fourth-order valence-electron chi connectivity index (χ4n) is 1.13. The van der Waals surface area contributed by atoms with Gasteiger partial charge in [0.25, 0.3) is 0 Å². The SMILES string of the molecule is CC(C)NC(=O)NC(=O)CSc1ccccc1. The van der Waals surface area contributed by atoms with Crippen molar-refractivity contribution >= 4 is 23.7 Å². The molecule has 4 nitrogen and oxygen atoms in total. The molecule has 0 saturated carbocycles. The van der Waals surface area contributed by atoms with Gasteiger partial charge in [-0.3, -0.25) is 10.1 Å². The van der Waals surface area contributed by atoms with E-state index >= 15 is 0 Å². The molecule has 17 heavy (non-hydrogen) atoms. The van der Waals surface area contributed by atoms with Crippen molar-refractivity contribution in [2.75, 3.05) is 5.75 Å². The molecule has 3 amide bonds. The minimum atomic E-state index is -0.446. The van der Waals surface area contributed by atoms with E-state index in [2.05, 4.69) is 10.6 Å². The van der Waals surface area contributed by atoms with Crippen LogP contribution in [0.25, 0.3) is 0 Å². The maximum absolute atomic E-state index is 11.4. The van der Waals surface area contributed by atoms with Crippen LogP contribution < -0.4 is 10.6 Å². The molecule has 0 unspecified atom stereocenters. The quantitative estimate of drug-likeness (QED) is 0.806. The first kappa shape index (κ1) is 13.6. The summed E-state index contributed by atoms with van der Waals surface area (Å²) in [6.45, 7) is 3.67. The predicted octanol–water partition coefficient (Wildman–Crippen LogP) is 2.01. The minimum Gasteiger partial charge on any atom is -0.336 e. The van der Waals surface area contributed by atoms with Gasteiger partial charge in [-0.05, 0) is 26.0 Å². The Balaban J connectivity index is 2.28. The summed E-state index contributed by atoms with van der Waals surface area (Å²) in [5.41, 5.74) is 0. The smallest absolute Gasteiger partial charge is 0.321 e. The summed E-state index contributed by atoms with van der Waals surface area (Å²) in [6, 6.07) is 9.15. The number of carbonyl (C=O) groups is 2. The van der Waals surface area contributed by atoms with Gasteiger partial charge >= 0.3 is 6.03 Å². The van der Waals surface area contributed by atoms with Gasteiger partial charge in [0, 0.05) is 10.9 Å². The fraction of sp³-hybridized carbons (Fsp3) is 0.333. The van der Waals surface area contributed by atoms with Gasteiger partial charge in [0.1, 0.15) is 0 Å². The van der Waals surface area contributed by atoms with Crippen LogP contribution in [0.4, 0.5) is 4.79 Å². The number of benzene rings is 1. The standard InChI is InChI=1S/C12H16N2O2S/c1-9(2)13-12(16)14-11(15)8-17-10-6-4-3-5-7-10/h3-7,9H,8H2,1-2H3,(H2,13,14,15,16). The zero-order valence-corrected chi connectivity index (χ0v) is 10.7. The molecule has 0 radical (unpaired) electrons. The first-order valence-corrected chi connectivity index (χ1v) is 6.34. The molecule has 0 aliphatic carbocycles. The predicted molar refractivity (Wildman–Crippen MR) is 69.0 cm³/mol. The lowest BCUT2D eigenvalue weighted by Crippen LogP contribution is -2.43. The van der Waals surface area contributed by atoms with Gasteiger partial charge in [-0.15, -0.1) is 11.8 Å². The molecule has 0 aliphatic heterocycles. The van der Waals surface area contributed by atoms with E-state index in [1.165, 1.54) is 11.8 Å². The van der Waals surface area contributed by atoms with Crippen LogP contribution in [0.15, 0.2) is 35.2 Å². The molecule has 0 aliphatic rings. The first-order chi connectivity index (χ1) is 8.08. The summed E-state index contributed by atoms with van der Waals surface area (Å²) < 4.78 is 0. The van der Waals surface area contributed by atoms with Gasteiger partial charge in [0.2, 0.25) is 5.91 Å². The van der Waals surface area contributed by atoms with Crippen molar-refractivity contribution in [1.82, 2.24) is 10.6 Å². The molecule has 5 heteroatoms. The normalized spacial score (nSPS) is 10.1. The number of carbonyl (C=O) groups excluding carboxylic acids is 2. The third kappa shape index (κ3) is 5.97. The molecule has 0 spiro atoms. The van der Waals surface area contributed by atoms with E-state index in [9.17, 15) is 9.59 Å². The van der Waals surface area contributed by atoms with E-state index in [1.807, 2.05) is 44.2 Å². The Morgan fingerprint density at radius 1 is 1.24 bits per heavy atom. The number of urea groups is 1. The van der Waals surface area contributed by atoms with Crippen LogP contribution in [-0.4, -0.2) is 23.7 Å². The second-order valence-corrected chi connectivity index (χ2v) is 4.83. The number of hydrogen-bond acceptors (Lipinski definition) is 3. The molecule has 1 aromatic carbocycles. The number of amides is 3. The maximum atomic E-state index is 11.4. The number of imide groups is 1. The lowest BCUT2D eigenvalue weighted by molar-refractivity contribution is -0.117. The lowest BCUT2D eigenvalue weighted by Gasteiger charge is -2.08. The number of thioether (sulfide) groups is 1. The van der Waals surface area contributed by atoms with Crippen LogP contribution in [0, 0.1) is 0 Å². The molecular weight excluding hydrogens is 236 g/mol. The molecular formula is C12H16N2O2S. The third-order valence-corrected chi connectivity index (χ3v) is 2.80. The molecule has 2 N–H and O–H groups in total. The van der Waals surface area contributed by atoms with E-state index < -0.39 is 6.03 Å². The Morgan fingerprint density at radius 3 is 2.47 bits per heavy atom. The van der Waals surface area contributed by atoms with Crippen molar-refractivity contribution in [3.63, 3.8) is 0 Å². The van der Waals surface area contributed by atoms with Gasteiger partial charge in [-0.2, -0.15) is 0 Å². The summed E-state index contributed by atoms with van der Waals surface area (Å²) in [6.07, 6.45) is 0. The van der Waals surface area contributed by atoms with Crippen molar-refractivity contribution in [2.45, 2.75) is 24.8 Å². The molecule has 0 heterocycles. The highest BCUT2D eigenvalue weighted by Crippen LogP contribution is 2.15. The Morgan fingerprint density at radius 2 is 1.88 bits per heavy atom. The van der Waals surface area contributed by atoms with Crippen molar-refractivity contribution in [3.05, 3.63) is 30.3 Å². The summed E-state index contributed by atoms with van der Waals surface area (Å²) in [5, 5.41) is 4.86. The van der Waals surface area contributed by atoms with E-state index in [4.69, 9.17) is 0 Å². The zero-order chi connectivity index (χ0) is 12.7. The molecule has 92 valence electrons. The second-order valence-electron chi connectivity index (χ2n) is 3.78. The van der Waals surface area contributed by atoms with Crippen molar-refractivity contribution in [1.29, 1.82) is 0 Å². The number of hydrogen-bond donors (Lipinski definition) is 2. The minimum absolute atomic E-state index is 0.0181. The topological polar surface area (TPSA) is 58.2 Å². The van der Waals surface area contributed by atoms with Gasteiger partial charge < -0.3 is 5.32 Å². The average Bonchev–Trinajstić information content (AvgIpc) is 2.26. The Hall–Kier alpha value is -1.49. The largest absolute Gasteiger partial charge is 0.336 e. The van der Waals surface area contributed by atoms with Crippen LogP contribution >= 0.6 is 11.8 Å². The van der Waals surface area contributed by atoms with E-state index in [0.717, 1.165) is 4.90 Å². The Labute approximate surface area is 105 Å². The molecule has 1 aromatic rings. The van der Waals surface area contributed by atoms with Crippen LogP contribution in [0.3, 0.4) is 0 Å². The summed E-state index contributed by atoms with van der Waals surface area (Å²) in [5.74, 6) is -0.0628. The van der Waals surface area contributed by atoms with Gasteiger partial charge in [-0.1, -0.05) is 18.2 Å². The summed E-state index contributed by atoms with van der Waals surface area (Å²) in [7, 11) is 0. The molecule has 1 rings (SSSR count). The van der Waals surface area contributed by atoms with Gasteiger partial charge in [0.05, 0.1) is 5.75 Å². The Kier molecular flexibility index (Phi) is 5.56. The zero-order valence-electron chi connectivity index (χ0n) is 9.90. The highest BCUT2D eigenvalue weighted by Gasteiger charge is 2.08. The van der Waals surface area contributed by atoms with Gasteiger partial charge in [-0.25, -0.2) is 4.79 Å². The molecule has 0 fully saturated rings. The summed E-state index contributed by atoms with van der Waals surface area (Å²) in [4.78, 5) is 23.6. The monoisotopic (exact) mass is 252 g/mol. The second kappa shape index (κ2) is 6.96. The molecule has 0 bridgehead atoms. The number of rotatable bonds is 4. The van der Waals surface area contributed by atoms with Crippen molar-refractivity contribution < 1.29 is 9.59 Å². The van der Waals surface area contributed by atoms with Crippen LogP contribution in [0.1, 0.15) is 13.8 Å². The van der Waals surface area contributed by atoms with E-state index in [0.29, 0.717) is 0 Å². The third-order valence-electron chi connectivity index (χ3n) is 1.79. The van der Waals surface area contributed by atoms with Crippen molar-refractivity contribution in [2.24, 2.45) is 0 Å². The highest BCUT2D eigenvalue weighted by molar-refractivity contribution is 8.00.